The number of sulfone groups is 1. The Morgan fingerprint density at radius 2 is 2.04 bits per heavy atom. The fourth-order valence-corrected chi connectivity index (χ4v) is 5.27. The first-order valence-corrected chi connectivity index (χ1v) is 12.2. The lowest BCUT2D eigenvalue weighted by Crippen LogP contribution is -2.57. The average molecular weight is 411 g/mol. The second-order valence-corrected chi connectivity index (χ2v) is 11.1. The van der Waals surface area contributed by atoms with Gasteiger partial charge in [-0.15, -0.1) is 10.2 Å². The van der Waals surface area contributed by atoms with Crippen molar-refractivity contribution in [3.63, 3.8) is 0 Å². The van der Waals surface area contributed by atoms with Gasteiger partial charge in [0.05, 0.1) is 10.5 Å². The second kappa shape index (κ2) is 8.80. The Labute approximate surface area is 168 Å². The minimum absolute atomic E-state index is 0.177. The van der Waals surface area contributed by atoms with Crippen molar-refractivity contribution < 1.29 is 8.42 Å². The summed E-state index contributed by atoms with van der Waals surface area (Å²) in [6.45, 7) is 9.08. The molecule has 8 nitrogen and oxygen atoms in total. The van der Waals surface area contributed by atoms with E-state index in [1.165, 1.54) is 19.3 Å². The Hall–Kier alpha value is -1.64. The third-order valence-corrected chi connectivity index (χ3v) is 8.22. The van der Waals surface area contributed by atoms with Gasteiger partial charge in [0.25, 0.3) is 0 Å². The summed E-state index contributed by atoms with van der Waals surface area (Å²) in [7, 11) is -3.05. The molecule has 3 rings (SSSR count). The van der Waals surface area contributed by atoms with E-state index < -0.39 is 14.6 Å². The Morgan fingerprint density at radius 3 is 2.79 bits per heavy atom. The zero-order valence-corrected chi connectivity index (χ0v) is 18.3. The van der Waals surface area contributed by atoms with Crippen molar-refractivity contribution in [1.82, 2.24) is 25.0 Å². The standard InChI is InChI=1S/C19H34N6O2S/c1-4-20-18(24-13-14-28(26,27)19(2,3)15-24)21-11-8-10-17-23-22-16-9-6-5-7-12-25(16)17/h4-15H2,1-3H3,(H,20,21). The Balaban J connectivity index is 1.59. The van der Waals surface area contributed by atoms with Gasteiger partial charge in [-0.1, -0.05) is 6.42 Å². The maximum absolute atomic E-state index is 12.3. The molecule has 2 aliphatic rings. The number of fused-ring (bicyclic) bond motifs is 1. The fraction of sp³-hybridized carbons (Fsp3) is 0.842. The average Bonchev–Trinajstić information content (AvgIpc) is 2.86. The minimum atomic E-state index is -3.05. The monoisotopic (exact) mass is 410 g/mol. The van der Waals surface area contributed by atoms with Crippen LogP contribution in [0.1, 0.15) is 58.1 Å². The van der Waals surface area contributed by atoms with E-state index in [9.17, 15) is 8.42 Å². The van der Waals surface area contributed by atoms with E-state index in [0.717, 1.165) is 50.0 Å². The van der Waals surface area contributed by atoms with Crippen LogP contribution in [0.3, 0.4) is 0 Å². The van der Waals surface area contributed by atoms with Crippen LogP contribution in [0.15, 0.2) is 4.99 Å². The maximum Gasteiger partial charge on any atom is 0.193 e. The number of hydrogen-bond donors (Lipinski definition) is 1. The molecule has 0 aliphatic carbocycles. The van der Waals surface area contributed by atoms with E-state index in [1.807, 2.05) is 6.92 Å². The Bertz CT molecular complexity index is 799. The van der Waals surface area contributed by atoms with E-state index in [-0.39, 0.29) is 5.75 Å². The molecule has 2 aliphatic heterocycles. The van der Waals surface area contributed by atoms with E-state index in [2.05, 4.69) is 25.0 Å². The van der Waals surface area contributed by atoms with Crippen LogP contribution in [0.4, 0.5) is 0 Å². The van der Waals surface area contributed by atoms with Gasteiger partial charge in [-0.3, -0.25) is 4.99 Å². The highest BCUT2D eigenvalue weighted by Crippen LogP contribution is 2.23. The van der Waals surface area contributed by atoms with Gasteiger partial charge >= 0.3 is 0 Å². The first-order chi connectivity index (χ1) is 13.3. The normalized spacial score (nSPS) is 21.8. The van der Waals surface area contributed by atoms with Crippen LogP contribution in [0.25, 0.3) is 0 Å². The van der Waals surface area contributed by atoms with Crippen LogP contribution in [-0.4, -0.2) is 70.7 Å². The zero-order chi connectivity index (χ0) is 20.2. The van der Waals surface area contributed by atoms with Crippen LogP contribution >= 0.6 is 0 Å². The third kappa shape index (κ3) is 4.67. The summed E-state index contributed by atoms with van der Waals surface area (Å²) in [5, 5.41) is 12.1. The topological polar surface area (TPSA) is 92.5 Å². The molecule has 0 spiro atoms. The molecule has 9 heteroatoms. The Morgan fingerprint density at radius 1 is 1.21 bits per heavy atom. The van der Waals surface area contributed by atoms with E-state index in [1.54, 1.807) is 13.8 Å². The molecule has 0 unspecified atom stereocenters. The summed E-state index contributed by atoms with van der Waals surface area (Å²) in [6, 6.07) is 0. The highest BCUT2D eigenvalue weighted by molar-refractivity contribution is 7.92. The SMILES string of the molecule is CCNC(=NCCCc1nnc2n1CCCCC2)N1CCS(=O)(=O)C(C)(C)C1. The van der Waals surface area contributed by atoms with Crippen LogP contribution in [-0.2, 0) is 29.2 Å². The summed E-state index contributed by atoms with van der Waals surface area (Å²) in [6.07, 6.45) is 6.48. The molecule has 1 N–H and O–H groups in total. The predicted molar refractivity (Wildman–Crippen MR) is 111 cm³/mol. The number of guanidine groups is 1. The van der Waals surface area contributed by atoms with Crippen LogP contribution in [0.2, 0.25) is 0 Å². The molecule has 1 fully saturated rings. The predicted octanol–water partition coefficient (Wildman–Crippen LogP) is 1.41. The van der Waals surface area contributed by atoms with Crippen molar-refractivity contribution in [2.24, 2.45) is 4.99 Å². The van der Waals surface area contributed by atoms with Gasteiger partial charge in [-0.25, -0.2) is 8.42 Å². The number of rotatable bonds is 5. The molecule has 28 heavy (non-hydrogen) atoms. The maximum atomic E-state index is 12.3. The lowest BCUT2D eigenvalue weighted by molar-refractivity contribution is 0.353. The quantitative estimate of drug-likeness (QED) is 0.448. The number of aromatic nitrogens is 3. The van der Waals surface area contributed by atoms with Crippen LogP contribution < -0.4 is 5.32 Å². The number of nitrogens with zero attached hydrogens (tertiary/aromatic N) is 5. The van der Waals surface area contributed by atoms with Gasteiger partial charge in [0, 0.05) is 45.6 Å². The molecule has 158 valence electrons. The molecule has 0 amide bonds. The summed E-state index contributed by atoms with van der Waals surface area (Å²) >= 11 is 0. The summed E-state index contributed by atoms with van der Waals surface area (Å²) in [5.41, 5.74) is 0. The molecule has 0 atom stereocenters. The van der Waals surface area contributed by atoms with Gasteiger partial charge in [0.15, 0.2) is 15.8 Å². The van der Waals surface area contributed by atoms with E-state index in [0.29, 0.717) is 19.6 Å². The molecule has 0 aromatic carbocycles. The number of aryl methyl sites for hydroxylation is 2. The molecule has 1 saturated heterocycles. The zero-order valence-electron chi connectivity index (χ0n) is 17.4. The van der Waals surface area contributed by atoms with Crippen LogP contribution in [0, 0.1) is 0 Å². The minimum Gasteiger partial charge on any atom is -0.357 e. The third-order valence-electron chi connectivity index (χ3n) is 5.68. The lowest BCUT2D eigenvalue weighted by atomic mass is 10.2. The number of aliphatic imine (C=N–C) groups is 1. The number of nitrogens with one attached hydrogen (secondary N) is 1. The molecular weight excluding hydrogens is 376 g/mol. The first kappa shape index (κ1) is 21.1. The van der Waals surface area contributed by atoms with Crippen molar-refractivity contribution in [2.45, 2.75) is 70.6 Å². The highest BCUT2D eigenvalue weighted by atomic mass is 32.2. The van der Waals surface area contributed by atoms with E-state index >= 15 is 0 Å². The summed E-state index contributed by atoms with van der Waals surface area (Å²) in [5.74, 6) is 3.19. The second-order valence-electron chi connectivity index (χ2n) is 8.33. The molecule has 3 heterocycles. The smallest absolute Gasteiger partial charge is 0.193 e. The lowest BCUT2D eigenvalue weighted by Gasteiger charge is -2.39. The van der Waals surface area contributed by atoms with Gasteiger partial charge in [0.1, 0.15) is 11.6 Å². The molecule has 0 saturated carbocycles. The van der Waals surface area contributed by atoms with Gasteiger partial charge < -0.3 is 14.8 Å². The van der Waals surface area contributed by atoms with E-state index in [4.69, 9.17) is 4.99 Å². The van der Waals surface area contributed by atoms with Crippen molar-refractivity contribution in [3.05, 3.63) is 11.6 Å². The summed E-state index contributed by atoms with van der Waals surface area (Å²) in [4.78, 5) is 6.84. The van der Waals surface area contributed by atoms with Crippen molar-refractivity contribution >= 4 is 15.8 Å². The summed E-state index contributed by atoms with van der Waals surface area (Å²) < 4.78 is 26.1. The van der Waals surface area contributed by atoms with Crippen molar-refractivity contribution in [3.8, 4) is 0 Å². The highest BCUT2D eigenvalue weighted by Gasteiger charge is 2.40. The molecular formula is C19H34N6O2S. The molecule has 0 bridgehead atoms. The van der Waals surface area contributed by atoms with Gasteiger partial charge in [-0.2, -0.15) is 0 Å². The van der Waals surface area contributed by atoms with Crippen molar-refractivity contribution in [2.75, 3.05) is 31.9 Å². The Kier molecular flexibility index (Phi) is 6.62. The fourth-order valence-electron chi connectivity index (χ4n) is 3.90. The molecule has 1 aromatic rings. The first-order valence-electron chi connectivity index (χ1n) is 10.5. The number of hydrogen-bond acceptors (Lipinski definition) is 5. The van der Waals surface area contributed by atoms with Gasteiger partial charge in [0.2, 0.25) is 0 Å². The molecule has 1 aromatic heterocycles. The van der Waals surface area contributed by atoms with Gasteiger partial charge in [-0.05, 0) is 40.0 Å². The largest absolute Gasteiger partial charge is 0.357 e. The van der Waals surface area contributed by atoms with Crippen LogP contribution in [0.5, 0.6) is 0 Å². The van der Waals surface area contributed by atoms with Crippen molar-refractivity contribution in [1.29, 1.82) is 0 Å². The molecule has 0 radical (unpaired) electrons.